The van der Waals surface area contributed by atoms with Gasteiger partial charge in [0.15, 0.2) is 17.2 Å². The maximum absolute atomic E-state index is 12.2. The van der Waals surface area contributed by atoms with Gasteiger partial charge in [-0.2, -0.15) is 0 Å². The van der Waals surface area contributed by atoms with Crippen molar-refractivity contribution in [2.24, 2.45) is 4.99 Å². The van der Waals surface area contributed by atoms with Crippen LogP contribution in [0.1, 0.15) is 36.5 Å². The molecule has 2 aromatic rings. The third kappa shape index (κ3) is 3.61. The summed E-state index contributed by atoms with van der Waals surface area (Å²) in [6, 6.07) is 13.3. The first-order chi connectivity index (χ1) is 12.5. The van der Waals surface area contributed by atoms with Crippen LogP contribution in [-0.2, 0) is 9.53 Å². The molecule has 0 atom stereocenters. The Morgan fingerprint density at radius 1 is 1.00 bits per heavy atom. The van der Waals surface area contributed by atoms with Crippen LogP contribution in [-0.4, -0.2) is 26.1 Å². The molecule has 5 nitrogen and oxygen atoms in total. The SMILES string of the molecule is COc1ccc(/C=C2\N=C(c3ccc(C(C)C)cc3)OC2=O)cc1OC. The molecule has 2 aromatic carbocycles. The zero-order valence-electron chi connectivity index (χ0n) is 15.3. The number of rotatable bonds is 5. The number of benzene rings is 2. The largest absolute Gasteiger partial charge is 0.493 e. The summed E-state index contributed by atoms with van der Waals surface area (Å²) in [6.45, 7) is 4.26. The molecule has 0 saturated carbocycles. The highest BCUT2D eigenvalue weighted by Crippen LogP contribution is 2.29. The molecule has 0 aliphatic carbocycles. The van der Waals surface area contributed by atoms with Crippen molar-refractivity contribution in [2.45, 2.75) is 19.8 Å². The first-order valence-corrected chi connectivity index (χ1v) is 8.36. The van der Waals surface area contributed by atoms with E-state index in [4.69, 9.17) is 14.2 Å². The molecule has 0 saturated heterocycles. The summed E-state index contributed by atoms with van der Waals surface area (Å²) in [5, 5.41) is 0. The molecule has 5 heteroatoms. The monoisotopic (exact) mass is 351 g/mol. The Bertz CT molecular complexity index is 879. The molecule has 0 amide bonds. The number of esters is 1. The summed E-state index contributed by atoms with van der Waals surface area (Å²) >= 11 is 0. The zero-order chi connectivity index (χ0) is 18.7. The van der Waals surface area contributed by atoms with Crippen LogP contribution in [0.3, 0.4) is 0 Å². The van der Waals surface area contributed by atoms with Crippen molar-refractivity contribution in [3.8, 4) is 11.5 Å². The van der Waals surface area contributed by atoms with E-state index in [0.29, 0.717) is 23.3 Å². The number of ether oxygens (including phenoxy) is 3. The number of carbonyl (C=O) groups is 1. The fourth-order valence-corrected chi connectivity index (χ4v) is 2.64. The number of cyclic esters (lactones) is 1. The molecule has 0 bridgehead atoms. The van der Waals surface area contributed by atoms with E-state index in [1.807, 2.05) is 30.3 Å². The number of nitrogens with zero attached hydrogens (tertiary/aromatic N) is 1. The standard InChI is InChI=1S/C21H21NO4/c1-13(2)15-6-8-16(9-7-15)20-22-17(21(23)26-20)11-14-5-10-18(24-3)19(12-14)25-4/h5-13H,1-4H3/b17-11-. The van der Waals surface area contributed by atoms with Crippen molar-refractivity contribution in [3.05, 3.63) is 64.9 Å². The summed E-state index contributed by atoms with van der Waals surface area (Å²) in [5.41, 5.74) is 3.02. The lowest BCUT2D eigenvalue weighted by atomic mass is 10.0. The lowest BCUT2D eigenvalue weighted by Gasteiger charge is -2.07. The Kier molecular flexibility index (Phi) is 5.07. The van der Waals surface area contributed by atoms with Gasteiger partial charge in [-0.15, -0.1) is 0 Å². The van der Waals surface area contributed by atoms with Crippen molar-refractivity contribution in [3.63, 3.8) is 0 Å². The van der Waals surface area contributed by atoms with Gasteiger partial charge in [-0.05, 0) is 47.4 Å². The van der Waals surface area contributed by atoms with Crippen LogP contribution in [0, 0.1) is 0 Å². The normalized spacial score (nSPS) is 15.2. The second kappa shape index (κ2) is 7.44. The van der Waals surface area contributed by atoms with Gasteiger partial charge < -0.3 is 14.2 Å². The number of hydrogen-bond donors (Lipinski definition) is 0. The Morgan fingerprint density at radius 2 is 1.69 bits per heavy atom. The third-order valence-corrected chi connectivity index (χ3v) is 4.16. The van der Waals surface area contributed by atoms with E-state index in [9.17, 15) is 4.79 Å². The van der Waals surface area contributed by atoms with Crippen molar-refractivity contribution in [1.82, 2.24) is 0 Å². The molecule has 0 fully saturated rings. The maximum atomic E-state index is 12.2. The van der Waals surface area contributed by atoms with Gasteiger partial charge in [0.2, 0.25) is 5.90 Å². The lowest BCUT2D eigenvalue weighted by molar-refractivity contribution is -0.129. The lowest BCUT2D eigenvalue weighted by Crippen LogP contribution is -2.05. The van der Waals surface area contributed by atoms with Crippen LogP contribution in [0.25, 0.3) is 6.08 Å². The minimum Gasteiger partial charge on any atom is -0.493 e. The summed E-state index contributed by atoms with van der Waals surface area (Å²) < 4.78 is 15.8. The van der Waals surface area contributed by atoms with E-state index >= 15 is 0 Å². The van der Waals surface area contributed by atoms with E-state index in [-0.39, 0.29) is 5.70 Å². The Balaban J connectivity index is 1.89. The average molecular weight is 351 g/mol. The predicted molar refractivity (Wildman–Crippen MR) is 101 cm³/mol. The quantitative estimate of drug-likeness (QED) is 0.599. The Morgan fingerprint density at radius 3 is 2.31 bits per heavy atom. The fraction of sp³-hybridized carbons (Fsp3) is 0.238. The smallest absolute Gasteiger partial charge is 0.363 e. The van der Waals surface area contributed by atoms with Gasteiger partial charge in [0.1, 0.15) is 0 Å². The molecule has 134 valence electrons. The molecule has 0 N–H and O–H groups in total. The zero-order valence-corrected chi connectivity index (χ0v) is 15.3. The second-order valence-electron chi connectivity index (χ2n) is 6.23. The highest BCUT2D eigenvalue weighted by molar-refractivity contribution is 6.12. The van der Waals surface area contributed by atoms with Crippen LogP contribution in [0.5, 0.6) is 11.5 Å². The van der Waals surface area contributed by atoms with Gasteiger partial charge in [-0.1, -0.05) is 32.0 Å². The predicted octanol–water partition coefficient (Wildman–Crippen LogP) is 4.17. The van der Waals surface area contributed by atoms with E-state index in [0.717, 1.165) is 11.1 Å². The topological polar surface area (TPSA) is 57.1 Å². The maximum Gasteiger partial charge on any atom is 0.363 e. The highest BCUT2D eigenvalue weighted by Gasteiger charge is 2.24. The van der Waals surface area contributed by atoms with E-state index in [2.05, 4.69) is 18.8 Å². The van der Waals surface area contributed by atoms with Gasteiger partial charge in [0.05, 0.1) is 14.2 Å². The minimum absolute atomic E-state index is 0.250. The molecular formula is C21H21NO4. The van der Waals surface area contributed by atoms with Crippen molar-refractivity contribution < 1.29 is 19.0 Å². The summed E-state index contributed by atoms with van der Waals surface area (Å²) in [5.74, 6) is 1.50. The number of aliphatic imine (C=N–C) groups is 1. The van der Waals surface area contributed by atoms with Crippen LogP contribution < -0.4 is 9.47 Å². The van der Waals surface area contributed by atoms with E-state index < -0.39 is 5.97 Å². The number of carbonyl (C=O) groups excluding carboxylic acids is 1. The summed E-state index contributed by atoms with van der Waals surface area (Å²) in [6.07, 6.45) is 1.67. The van der Waals surface area contributed by atoms with E-state index in [1.165, 1.54) is 5.56 Å². The molecule has 1 heterocycles. The molecule has 0 spiro atoms. The third-order valence-electron chi connectivity index (χ3n) is 4.16. The van der Waals surface area contributed by atoms with Crippen molar-refractivity contribution in [2.75, 3.05) is 14.2 Å². The molecule has 0 unspecified atom stereocenters. The molecule has 3 rings (SSSR count). The molecular weight excluding hydrogens is 330 g/mol. The molecule has 0 radical (unpaired) electrons. The van der Waals surface area contributed by atoms with Crippen molar-refractivity contribution >= 4 is 17.9 Å². The van der Waals surface area contributed by atoms with Gasteiger partial charge in [0, 0.05) is 5.56 Å². The first kappa shape index (κ1) is 17.7. The highest BCUT2D eigenvalue weighted by atomic mass is 16.6. The van der Waals surface area contributed by atoms with Crippen LogP contribution in [0.2, 0.25) is 0 Å². The Labute approximate surface area is 152 Å². The fourth-order valence-electron chi connectivity index (χ4n) is 2.64. The summed E-state index contributed by atoms with van der Waals surface area (Å²) in [7, 11) is 3.14. The van der Waals surface area contributed by atoms with Crippen LogP contribution >= 0.6 is 0 Å². The summed E-state index contributed by atoms with van der Waals surface area (Å²) in [4.78, 5) is 16.5. The number of hydrogen-bond acceptors (Lipinski definition) is 5. The van der Waals surface area contributed by atoms with Crippen LogP contribution in [0.4, 0.5) is 0 Å². The van der Waals surface area contributed by atoms with Crippen LogP contribution in [0.15, 0.2) is 53.2 Å². The van der Waals surface area contributed by atoms with Gasteiger partial charge in [-0.3, -0.25) is 0 Å². The molecule has 0 aromatic heterocycles. The van der Waals surface area contributed by atoms with Gasteiger partial charge >= 0.3 is 5.97 Å². The van der Waals surface area contributed by atoms with Crippen molar-refractivity contribution in [1.29, 1.82) is 0 Å². The molecule has 26 heavy (non-hydrogen) atoms. The van der Waals surface area contributed by atoms with Gasteiger partial charge in [0.25, 0.3) is 0 Å². The average Bonchev–Trinajstić information content (AvgIpc) is 3.02. The molecule has 1 aliphatic heterocycles. The van der Waals surface area contributed by atoms with Gasteiger partial charge in [-0.25, -0.2) is 9.79 Å². The van der Waals surface area contributed by atoms with E-state index in [1.54, 1.807) is 32.4 Å². The second-order valence-corrected chi connectivity index (χ2v) is 6.23. The number of methoxy groups -OCH3 is 2. The molecule has 1 aliphatic rings. The minimum atomic E-state index is -0.470. The first-order valence-electron chi connectivity index (χ1n) is 8.36. The Hall–Kier alpha value is -3.08.